The van der Waals surface area contributed by atoms with Crippen LogP contribution in [0.3, 0.4) is 0 Å². The SMILES string of the molecule is CCOC(=O)c1ccc(Nc2cc(C(=O)Nc3ccccc3F)ccn2)cc1. The number of hydrogen-bond acceptors (Lipinski definition) is 5. The van der Waals surface area contributed by atoms with Gasteiger partial charge in [-0.2, -0.15) is 0 Å². The second kappa shape index (κ2) is 8.77. The molecule has 0 bridgehead atoms. The van der Waals surface area contributed by atoms with Crippen LogP contribution in [-0.2, 0) is 4.74 Å². The van der Waals surface area contributed by atoms with Gasteiger partial charge in [0.05, 0.1) is 17.9 Å². The van der Waals surface area contributed by atoms with Crippen LogP contribution < -0.4 is 10.6 Å². The standard InChI is InChI=1S/C21H18FN3O3/c1-2-28-21(27)14-7-9-16(10-8-14)24-19-13-15(11-12-23-19)20(26)25-18-6-4-3-5-17(18)22/h3-13H,2H2,1H3,(H,23,24)(H,25,26). The average Bonchev–Trinajstić information content (AvgIpc) is 2.70. The molecule has 2 N–H and O–H groups in total. The Labute approximate surface area is 161 Å². The van der Waals surface area contributed by atoms with Gasteiger partial charge >= 0.3 is 5.97 Å². The van der Waals surface area contributed by atoms with Crippen molar-refractivity contribution in [3.8, 4) is 0 Å². The van der Waals surface area contributed by atoms with Crippen molar-refractivity contribution in [1.82, 2.24) is 4.98 Å². The molecule has 1 amide bonds. The Morgan fingerprint density at radius 1 is 1.04 bits per heavy atom. The van der Waals surface area contributed by atoms with E-state index >= 15 is 0 Å². The first kappa shape index (κ1) is 19.0. The van der Waals surface area contributed by atoms with Gasteiger partial charge in [0, 0.05) is 17.4 Å². The van der Waals surface area contributed by atoms with Crippen molar-refractivity contribution in [3.05, 3.63) is 83.8 Å². The van der Waals surface area contributed by atoms with Crippen molar-refractivity contribution in [2.75, 3.05) is 17.2 Å². The first-order valence-corrected chi connectivity index (χ1v) is 8.63. The smallest absolute Gasteiger partial charge is 0.338 e. The van der Waals surface area contributed by atoms with Crippen LogP contribution in [-0.4, -0.2) is 23.5 Å². The molecule has 0 aliphatic rings. The maximum absolute atomic E-state index is 13.7. The van der Waals surface area contributed by atoms with Crippen molar-refractivity contribution < 1.29 is 18.7 Å². The summed E-state index contributed by atoms with van der Waals surface area (Å²) in [5, 5.41) is 5.58. The zero-order valence-electron chi connectivity index (χ0n) is 15.1. The first-order chi connectivity index (χ1) is 13.6. The van der Waals surface area contributed by atoms with E-state index in [0.29, 0.717) is 29.2 Å². The maximum atomic E-state index is 13.7. The molecular formula is C21H18FN3O3. The van der Waals surface area contributed by atoms with E-state index in [0.717, 1.165) is 0 Å². The van der Waals surface area contributed by atoms with Crippen LogP contribution in [0, 0.1) is 5.82 Å². The van der Waals surface area contributed by atoms with Gasteiger partial charge in [0.1, 0.15) is 11.6 Å². The Bertz CT molecular complexity index is 990. The van der Waals surface area contributed by atoms with E-state index in [1.54, 1.807) is 49.4 Å². The molecule has 2 aromatic carbocycles. The Balaban J connectivity index is 1.70. The molecule has 28 heavy (non-hydrogen) atoms. The minimum atomic E-state index is -0.509. The third kappa shape index (κ3) is 4.70. The topological polar surface area (TPSA) is 80.3 Å². The van der Waals surface area contributed by atoms with Crippen molar-refractivity contribution in [1.29, 1.82) is 0 Å². The molecule has 0 fully saturated rings. The molecular weight excluding hydrogens is 361 g/mol. The zero-order chi connectivity index (χ0) is 19.9. The second-order valence-corrected chi connectivity index (χ2v) is 5.79. The first-order valence-electron chi connectivity index (χ1n) is 8.63. The summed E-state index contributed by atoms with van der Waals surface area (Å²) in [7, 11) is 0. The number of rotatable bonds is 6. The van der Waals surface area contributed by atoms with Crippen LogP contribution in [0.1, 0.15) is 27.6 Å². The van der Waals surface area contributed by atoms with Crippen LogP contribution in [0.15, 0.2) is 66.9 Å². The molecule has 1 aromatic heterocycles. The Hall–Kier alpha value is -3.74. The molecule has 0 atom stereocenters. The number of anilines is 3. The second-order valence-electron chi connectivity index (χ2n) is 5.79. The summed E-state index contributed by atoms with van der Waals surface area (Å²) in [6.45, 7) is 2.05. The van der Waals surface area contributed by atoms with Crippen molar-refractivity contribution in [2.45, 2.75) is 6.92 Å². The highest BCUT2D eigenvalue weighted by Gasteiger charge is 2.10. The van der Waals surface area contributed by atoms with E-state index in [-0.39, 0.29) is 11.7 Å². The summed E-state index contributed by atoms with van der Waals surface area (Å²) in [4.78, 5) is 28.2. The number of esters is 1. The van der Waals surface area contributed by atoms with E-state index in [9.17, 15) is 14.0 Å². The van der Waals surface area contributed by atoms with Crippen molar-refractivity contribution >= 4 is 29.1 Å². The van der Waals surface area contributed by atoms with Gasteiger partial charge in [-0.15, -0.1) is 0 Å². The third-order valence-electron chi connectivity index (χ3n) is 3.81. The molecule has 0 aliphatic heterocycles. The molecule has 3 rings (SSSR count). The average molecular weight is 379 g/mol. The van der Waals surface area contributed by atoms with Gasteiger partial charge in [0.15, 0.2) is 0 Å². The van der Waals surface area contributed by atoms with E-state index in [1.807, 2.05) is 0 Å². The number of nitrogens with one attached hydrogen (secondary N) is 2. The molecule has 0 saturated heterocycles. The number of halogens is 1. The number of para-hydroxylation sites is 1. The van der Waals surface area contributed by atoms with Crippen LogP contribution in [0.5, 0.6) is 0 Å². The molecule has 0 unspecified atom stereocenters. The monoisotopic (exact) mass is 379 g/mol. The van der Waals surface area contributed by atoms with Gasteiger partial charge in [0.25, 0.3) is 5.91 Å². The molecule has 142 valence electrons. The normalized spacial score (nSPS) is 10.2. The zero-order valence-corrected chi connectivity index (χ0v) is 15.1. The summed E-state index contributed by atoms with van der Waals surface area (Å²) in [5.41, 5.74) is 1.56. The summed E-state index contributed by atoms with van der Waals surface area (Å²) >= 11 is 0. The van der Waals surface area contributed by atoms with Gasteiger partial charge in [0.2, 0.25) is 0 Å². The van der Waals surface area contributed by atoms with Crippen molar-refractivity contribution in [2.24, 2.45) is 0 Å². The lowest BCUT2D eigenvalue weighted by atomic mass is 10.2. The third-order valence-corrected chi connectivity index (χ3v) is 3.81. The van der Waals surface area contributed by atoms with Gasteiger partial charge in [-0.05, 0) is 55.5 Å². The predicted molar refractivity (Wildman–Crippen MR) is 104 cm³/mol. The molecule has 6 nitrogen and oxygen atoms in total. The van der Waals surface area contributed by atoms with Crippen molar-refractivity contribution in [3.63, 3.8) is 0 Å². The Morgan fingerprint density at radius 2 is 1.79 bits per heavy atom. The highest BCUT2D eigenvalue weighted by Crippen LogP contribution is 2.18. The van der Waals surface area contributed by atoms with Gasteiger partial charge in [-0.25, -0.2) is 14.2 Å². The van der Waals surface area contributed by atoms with Gasteiger partial charge in [-0.3, -0.25) is 4.79 Å². The number of carbonyl (C=O) groups is 2. The van der Waals surface area contributed by atoms with E-state index < -0.39 is 11.7 Å². The van der Waals surface area contributed by atoms with Crippen LogP contribution >= 0.6 is 0 Å². The molecule has 0 saturated carbocycles. The molecule has 0 aliphatic carbocycles. The van der Waals surface area contributed by atoms with Gasteiger partial charge in [-0.1, -0.05) is 12.1 Å². The van der Waals surface area contributed by atoms with Gasteiger partial charge < -0.3 is 15.4 Å². The highest BCUT2D eigenvalue weighted by atomic mass is 19.1. The quantitative estimate of drug-likeness (QED) is 0.621. The summed E-state index contributed by atoms with van der Waals surface area (Å²) < 4.78 is 18.6. The van der Waals surface area contributed by atoms with Crippen LogP contribution in [0.25, 0.3) is 0 Å². The van der Waals surface area contributed by atoms with Crippen LogP contribution in [0.2, 0.25) is 0 Å². The molecule has 3 aromatic rings. The Morgan fingerprint density at radius 3 is 2.50 bits per heavy atom. The summed E-state index contributed by atoms with van der Waals surface area (Å²) in [6, 6.07) is 15.7. The molecule has 0 spiro atoms. The number of pyridine rings is 1. The minimum absolute atomic E-state index is 0.105. The number of hydrogen-bond donors (Lipinski definition) is 2. The minimum Gasteiger partial charge on any atom is -0.462 e. The molecule has 0 radical (unpaired) electrons. The number of carbonyl (C=O) groups excluding carboxylic acids is 2. The van der Waals surface area contributed by atoms with E-state index in [4.69, 9.17) is 4.74 Å². The highest BCUT2D eigenvalue weighted by molar-refractivity contribution is 6.04. The van der Waals surface area contributed by atoms with E-state index in [1.165, 1.54) is 24.4 Å². The summed E-state index contributed by atoms with van der Waals surface area (Å²) in [6.07, 6.45) is 1.48. The number of nitrogens with zero attached hydrogens (tertiary/aromatic N) is 1. The predicted octanol–water partition coefficient (Wildman–Crippen LogP) is 4.39. The number of amides is 1. The fraction of sp³-hybridized carbons (Fsp3) is 0.0952. The molecule has 1 heterocycles. The summed E-state index contributed by atoms with van der Waals surface area (Å²) in [5.74, 6) is -0.915. The lowest BCUT2D eigenvalue weighted by Gasteiger charge is -2.09. The number of benzene rings is 2. The van der Waals surface area contributed by atoms with E-state index in [2.05, 4.69) is 15.6 Å². The fourth-order valence-electron chi connectivity index (χ4n) is 2.45. The largest absolute Gasteiger partial charge is 0.462 e. The van der Waals surface area contributed by atoms with Crippen LogP contribution in [0.4, 0.5) is 21.6 Å². The lowest BCUT2D eigenvalue weighted by molar-refractivity contribution is 0.0526. The molecule has 7 heteroatoms. The Kier molecular flexibility index (Phi) is 5.96. The lowest BCUT2D eigenvalue weighted by Crippen LogP contribution is -2.13. The number of aromatic nitrogens is 1. The fourth-order valence-corrected chi connectivity index (χ4v) is 2.45. The number of ether oxygens (including phenoxy) is 1. The maximum Gasteiger partial charge on any atom is 0.338 e.